The third-order valence-corrected chi connectivity index (χ3v) is 4.41. The van der Waals surface area contributed by atoms with Gasteiger partial charge in [-0.25, -0.2) is 0 Å². The van der Waals surface area contributed by atoms with E-state index >= 15 is 0 Å². The Hall–Kier alpha value is -1.64. The molecule has 4 atom stereocenters. The molecule has 1 aromatic carbocycles. The summed E-state index contributed by atoms with van der Waals surface area (Å²) in [5.74, 6) is 0.254. The van der Waals surface area contributed by atoms with Crippen LogP contribution in [-0.2, 0) is 9.59 Å². The average molecular weight is 213 g/mol. The van der Waals surface area contributed by atoms with Crippen LogP contribution in [0.15, 0.2) is 24.3 Å². The highest BCUT2D eigenvalue weighted by Gasteiger charge is 2.59. The summed E-state index contributed by atoms with van der Waals surface area (Å²) in [5.41, 5.74) is 2.58. The molecule has 2 bridgehead atoms. The van der Waals surface area contributed by atoms with Gasteiger partial charge in [-0.2, -0.15) is 0 Å². The molecule has 1 saturated heterocycles. The fourth-order valence-electron chi connectivity index (χ4n) is 3.87. The minimum atomic E-state index is -0.0904. The van der Waals surface area contributed by atoms with Crippen molar-refractivity contribution in [3.63, 3.8) is 0 Å². The number of benzene rings is 1. The molecule has 1 N–H and O–H groups in total. The summed E-state index contributed by atoms with van der Waals surface area (Å²) in [4.78, 5) is 23.5. The zero-order chi connectivity index (χ0) is 10.9. The molecule has 1 saturated carbocycles. The van der Waals surface area contributed by atoms with Gasteiger partial charge in [-0.15, -0.1) is 0 Å². The van der Waals surface area contributed by atoms with Crippen molar-refractivity contribution in [1.82, 2.24) is 5.32 Å². The highest BCUT2D eigenvalue weighted by Crippen LogP contribution is 2.60. The number of hydrogen-bond donors (Lipinski definition) is 1. The van der Waals surface area contributed by atoms with E-state index in [1.807, 2.05) is 12.1 Å². The van der Waals surface area contributed by atoms with Crippen molar-refractivity contribution < 1.29 is 9.59 Å². The van der Waals surface area contributed by atoms with Crippen molar-refractivity contribution >= 4 is 11.8 Å². The minimum absolute atomic E-state index is 0.0583. The summed E-state index contributed by atoms with van der Waals surface area (Å²) >= 11 is 0. The van der Waals surface area contributed by atoms with Crippen LogP contribution in [0.3, 0.4) is 0 Å². The zero-order valence-electron chi connectivity index (χ0n) is 8.64. The molecule has 80 valence electrons. The van der Waals surface area contributed by atoms with Gasteiger partial charge in [0.05, 0.1) is 11.8 Å². The predicted octanol–water partition coefficient (Wildman–Crippen LogP) is 1.16. The molecule has 3 aliphatic rings. The molecule has 2 fully saturated rings. The summed E-state index contributed by atoms with van der Waals surface area (Å²) in [6.07, 6.45) is 0.980. The molecule has 0 aromatic heterocycles. The Balaban J connectivity index is 1.92. The molecular formula is C13H11NO2. The summed E-state index contributed by atoms with van der Waals surface area (Å²) in [5, 5.41) is 2.48. The Morgan fingerprint density at radius 3 is 1.94 bits per heavy atom. The van der Waals surface area contributed by atoms with Gasteiger partial charge in [0.15, 0.2) is 0 Å². The van der Waals surface area contributed by atoms with E-state index in [2.05, 4.69) is 17.4 Å². The topological polar surface area (TPSA) is 46.2 Å². The first-order valence-corrected chi connectivity index (χ1v) is 5.71. The lowest BCUT2D eigenvalue weighted by molar-refractivity contribution is -0.126. The van der Waals surface area contributed by atoms with Gasteiger partial charge >= 0.3 is 0 Å². The number of imide groups is 1. The molecule has 16 heavy (non-hydrogen) atoms. The first-order chi connectivity index (χ1) is 7.77. The maximum absolute atomic E-state index is 11.7. The second-order valence-corrected chi connectivity index (χ2v) is 4.98. The van der Waals surface area contributed by atoms with E-state index in [1.165, 1.54) is 11.1 Å². The Morgan fingerprint density at radius 2 is 1.44 bits per heavy atom. The van der Waals surface area contributed by atoms with Crippen LogP contribution in [0.4, 0.5) is 0 Å². The van der Waals surface area contributed by atoms with Crippen molar-refractivity contribution in [2.24, 2.45) is 11.8 Å². The van der Waals surface area contributed by atoms with E-state index in [-0.39, 0.29) is 35.5 Å². The number of hydrogen-bond acceptors (Lipinski definition) is 2. The van der Waals surface area contributed by atoms with Gasteiger partial charge in [0.1, 0.15) is 0 Å². The zero-order valence-corrected chi connectivity index (χ0v) is 8.64. The molecule has 0 radical (unpaired) electrons. The van der Waals surface area contributed by atoms with E-state index in [0.717, 1.165) is 6.42 Å². The molecule has 4 unspecified atom stereocenters. The summed E-state index contributed by atoms with van der Waals surface area (Å²) in [7, 11) is 0. The maximum Gasteiger partial charge on any atom is 0.231 e. The van der Waals surface area contributed by atoms with Gasteiger partial charge in [-0.3, -0.25) is 14.9 Å². The van der Waals surface area contributed by atoms with E-state index in [9.17, 15) is 9.59 Å². The van der Waals surface area contributed by atoms with E-state index in [1.54, 1.807) is 0 Å². The van der Waals surface area contributed by atoms with Crippen molar-refractivity contribution in [3.05, 3.63) is 35.4 Å². The Bertz CT molecular complexity index is 477. The standard InChI is InChI=1S/C13H11NO2/c15-12-10-8-5-9(11(10)13(16)14-12)7-4-2-1-3-6(7)8/h1-4,8-11H,5H2,(H,14,15,16). The summed E-state index contributed by atoms with van der Waals surface area (Å²) in [6, 6.07) is 8.24. The fourth-order valence-corrected chi connectivity index (χ4v) is 3.87. The lowest BCUT2D eigenvalue weighted by Crippen LogP contribution is -2.24. The van der Waals surface area contributed by atoms with Gasteiger partial charge in [-0.05, 0) is 29.4 Å². The van der Waals surface area contributed by atoms with E-state index in [0.29, 0.717) is 0 Å². The van der Waals surface area contributed by atoms with Crippen molar-refractivity contribution in [2.45, 2.75) is 18.3 Å². The number of rotatable bonds is 0. The lowest BCUT2D eigenvalue weighted by Gasteiger charge is -2.23. The average Bonchev–Trinajstić information content (AvgIpc) is 2.91. The monoisotopic (exact) mass is 213 g/mol. The normalized spacial score (nSPS) is 38.5. The number of carbonyl (C=O) groups excluding carboxylic acids is 2. The van der Waals surface area contributed by atoms with Crippen molar-refractivity contribution in [3.8, 4) is 0 Å². The number of amides is 2. The van der Waals surface area contributed by atoms with E-state index in [4.69, 9.17) is 0 Å². The van der Waals surface area contributed by atoms with Crippen LogP contribution < -0.4 is 5.32 Å². The second-order valence-electron chi connectivity index (χ2n) is 4.98. The summed E-state index contributed by atoms with van der Waals surface area (Å²) < 4.78 is 0. The van der Waals surface area contributed by atoms with Crippen molar-refractivity contribution in [1.29, 1.82) is 0 Å². The Labute approximate surface area is 92.8 Å². The molecule has 4 rings (SSSR count). The molecular weight excluding hydrogens is 202 g/mol. The molecule has 1 aliphatic heterocycles. The maximum atomic E-state index is 11.7. The molecule has 3 nitrogen and oxygen atoms in total. The summed E-state index contributed by atoms with van der Waals surface area (Å²) in [6.45, 7) is 0. The Kier molecular flexibility index (Phi) is 1.35. The van der Waals surface area contributed by atoms with Gasteiger partial charge in [0.2, 0.25) is 11.8 Å². The lowest BCUT2D eigenvalue weighted by atomic mass is 9.77. The molecule has 2 amide bonds. The second kappa shape index (κ2) is 2.54. The third-order valence-electron chi connectivity index (χ3n) is 4.41. The quantitative estimate of drug-likeness (QED) is 0.657. The molecule has 1 aromatic rings. The number of carbonyl (C=O) groups is 2. The molecule has 3 heteroatoms. The third kappa shape index (κ3) is 0.775. The van der Waals surface area contributed by atoms with Crippen molar-refractivity contribution in [2.75, 3.05) is 0 Å². The van der Waals surface area contributed by atoms with Crippen LogP contribution in [0.2, 0.25) is 0 Å². The SMILES string of the molecule is O=C1NC(=O)C2C3CC(c4ccccc43)C12. The number of nitrogens with one attached hydrogen (secondary N) is 1. The number of fused-ring (bicyclic) bond motifs is 8. The highest BCUT2D eigenvalue weighted by atomic mass is 16.2. The van der Waals surface area contributed by atoms with Crippen LogP contribution in [0.25, 0.3) is 0 Å². The molecule has 0 spiro atoms. The van der Waals surface area contributed by atoms with Crippen LogP contribution in [0, 0.1) is 11.8 Å². The fraction of sp³-hybridized carbons (Fsp3) is 0.385. The van der Waals surface area contributed by atoms with Gasteiger partial charge in [0.25, 0.3) is 0 Å². The van der Waals surface area contributed by atoms with Crippen LogP contribution in [-0.4, -0.2) is 11.8 Å². The molecule has 1 heterocycles. The first kappa shape index (κ1) is 8.50. The van der Waals surface area contributed by atoms with Crippen LogP contribution >= 0.6 is 0 Å². The minimum Gasteiger partial charge on any atom is -0.296 e. The Morgan fingerprint density at radius 1 is 0.938 bits per heavy atom. The first-order valence-electron chi connectivity index (χ1n) is 5.71. The smallest absolute Gasteiger partial charge is 0.231 e. The largest absolute Gasteiger partial charge is 0.296 e. The van der Waals surface area contributed by atoms with Gasteiger partial charge in [-0.1, -0.05) is 24.3 Å². The van der Waals surface area contributed by atoms with Crippen LogP contribution in [0.5, 0.6) is 0 Å². The van der Waals surface area contributed by atoms with E-state index < -0.39 is 0 Å². The van der Waals surface area contributed by atoms with Gasteiger partial charge < -0.3 is 0 Å². The van der Waals surface area contributed by atoms with Crippen LogP contribution in [0.1, 0.15) is 29.4 Å². The van der Waals surface area contributed by atoms with Gasteiger partial charge in [0, 0.05) is 0 Å². The highest BCUT2D eigenvalue weighted by molar-refractivity contribution is 6.07. The molecule has 2 aliphatic carbocycles. The predicted molar refractivity (Wildman–Crippen MR) is 56.7 cm³/mol.